The lowest BCUT2D eigenvalue weighted by Crippen LogP contribution is -1.95. The van der Waals surface area contributed by atoms with Crippen molar-refractivity contribution in [2.24, 2.45) is 0 Å². The van der Waals surface area contributed by atoms with Crippen LogP contribution in [0.3, 0.4) is 0 Å². The van der Waals surface area contributed by atoms with Crippen LogP contribution in [0.2, 0.25) is 0 Å². The fourth-order valence-electron chi connectivity index (χ4n) is 10.4. The molecule has 0 saturated heterocycles. The van der Waals surface area contributed by atoms with Crippen molar-refractivity contribution >= 4 is 65.3 Å². The van der Waals surface area contributed by atoms with E-state index in [1.165, 1.54) is 116 Å². The van der Waals surface area contributed by atoms with Crippen LogP contribution in [-0.4, -0.2) is 13.7 Å². The fourth-order valence-corrected chi connectivity index (χ4v) is 10.4. The molecule has 0 atom stereocenters. The van der Waals surface area contributed by atoms with Crippen molar-refractivity contribution < 1.29 is 0 Å². The Morgan fingerprint density at radius 2 is 0.603 bits per heavy atom. The fraction of sp³-hybridized carbons (Fsp3) is 0. The molecule has 13 aromatic rings. The number of aromatic nitrogens is 3. The third kappa shape index (κ3) is 5.40. The van der Waals surface area contributed by atoms with Crippen molar-refractivity contribution in [3.8, 4) is 50.6 Å². The van der Waals surface area contributed by atoms with E-state index in [1.807, 2.05) is 0 Å². The number of nitrogens with zero attached hydrogens (tertiary/aromatic N) is 3. The molecule has 294 valence electrons. The van der Waals surface area contributed by atoms with Crippen LogP contribution in [-0.2, 0) is 0 Å². The largest absolute Gasteiger partial charge is 0.309 e. The van der Waals surface area contributed by atoms with Gasteiger partial charge in [-0.05, 0) is 94.2 Å². The highest BCUT2D eigenvalue weighted by Crippen LogP contribution is 2.52. The summed E-state index contributed by atoms with van der Waals surface area (Å²) in [5.74, 6) is 0. The lowest BCUT2D eigenvalue weighted by atomic mass is 10.0. The van der Waals surface area contributed by atoms with Gasteiger partial charge >= 0.3 is 0 Å². The first-order chi connectivity index (χ1) is 31.3. The minimum Gasteiger partial charge on any atom is -0.309 e. The van der Waals surface area contributed by atoms with Crippen molar-refractivity contribution in [3.63, 3.8) is 0 Å². The molecule has 14 rings (SSSR count). The summed E-state index contributed by atoms with van der Waals surface area (Å²) in [5, 5.41) is 9.16. The van der Waals surface area contributed by atoms with Crippen LogP contribution in [0.4, 0.5) is 0 Å². The molecule has 0 saturated carbocycles. The minimum atomic E-state index is 1.17. The molecule has 3 heteroatoms. The molecular formula is C60H39N3. The molecule has 3 aromatic heterocycles. The lowest BCUT2D eigenvalue weighted by Gasteiger charge is -2.11. The SMILES string of the molecule is c1ccc(-n2c3c(c4ccccc42)-c2cccc4cccc-3c24)cc1.c1ccc2c(c1)c1ccccc1n2-c1ccc(-c2ccc(-n3c4ccccc4c4ccccc43)cc2)cc1. The normalized spacial score (nSPS) is 11.8. The van der Waals surface area contributed by atoms with Gasteiger partial charge in [-0.2, -0.15) is 0 Å². The predicted octanol–water partition coefficient (Wildman–Crippen LogP) is 16.0. The number of fused-ring (bicyclic) bond motifs is 11. The van der Waals surface area contributed by atoms with Gasteiger partial charge in [0.1, 0.15) is 0 Å². The summed E-state index contributed by atoms with van der Waals surface area (Å²) < 4.78 is 7.14. The second-order valence-corrected chi connectivity index (χ2v) is 16.5. The first kappa shape index (κ1) is 35.4. The molecule has 0 bridgehead atoms. The molecule has 0 unspecified atom stereocenters. The van der Waals surface area contributed by atoms with Crippen LogP contribution in [0.15, 0.2) is 237 Å². The first-order valence-electron chi connectivity index (χ1n) is 21.7. The Morgan fingerprint density at radius 1 is 0.238 bits per heavy atom. The summed E-state index contributed by atoms with van der Waals surface area (Å²) in [6.07, 6.45) is 0. The number of benzene rings is 10. The Bertz CT molecular complexity index is 3610. The minimum absolute atomic E-state index is 1.17. The molecule has 0 amide bonds. The highest BCUT2D eigenvalue weighted by Gasteiger charge is 2.28. The quantitative estimate of drug-likeness (QED) is 0.168. The summed E-state index contributed by atoms with van der Waals surface area (Å²) in [4.78, 5) is 0. The van der Waals surface area contributed by atoms with Gasteiger partial charge < -0.3 is 13.7 Å². The molecular weight excluding hydrogens is 763 g/mol. The summed E-state index contributed by atoms with van der Waals surface area (Å²) in [6.45, 7) is 0. The van der Waals surface area contributed by atoms with Crippen LogP contribution in [0, 0.1) is 0 Å². The second-order valence-electron chi connectivity index (χ2n) is 16.5. The number of para-hydroxylation sites is 6. The van der Waals surface area contributed by atoms with Crippen molar-refractivity contribution in [2.75, 3.05) is 0 Å². The van der Waals surface area contributed by atoms with Gasteiger partial charge in [-0.3, -0.25) is 0 Å². The maximum atomic E-state index is 2.42. The van der Waals surface area contributed by atoms with Crippen LogP contribution < -0.4 is 0 Å². The van der Waals surface area contributed by atoms with E-state index < -0.39 is 0 Å². The third-order valence-corrected chi connectivity index (χ3v) is 13.1. The molecule has 0 fully saturated rings. The van der Waals surface area contributed by atoms with Crippen LogP contribution >= 0.6 is 0 Å². The molecule has 3 heterocycles. The molecule has 0 N–H and O–H groups in total. The molecule has 0 spiro atoms. The van der Waals surface area contributed by atoms with E-state index in [2.05, 4.69) is 250 Å². The molecule has 3 nitrogen and oxygen atoms in total. The van der Waals surface area contributed by atoms with E-state index in [0.29, 0.717) is 0 Å². The third-order valence-electron chi connectivity index (χ3n) is 13.1. The number of hydrogen-bond donors (Lipinski definition) is 0. The maximum Gasteiger partial charge on any atom is 0.0626 e. The molecule has 0 radical (unpaired) electrons. The van der Waals surface area contributed by atoms with Gasteiger partial charge in [0.05, 0.1) is 33.3 Å². The predicted molar refractivity (Wildman–Crippen MR) is 266 cm³/mol. The van der Waals surface area contributed by atoms with Gasteiger partial charge in [-0.25, -0.2) is 0 Å². The van der Waals surface area contributed by atoms with Gasteiger partial charge in [-0.15, -0.1) is 0 Å². The average Bonchev–Trinajstić information content (AvgIpc) is 4.09. The van der Waals surface area contributed by atoms with Crippen molar-refractivity contribution in [1.29, 1.82) is 0 Å². The van der Waals surface area contributed by atoms with Gasteiger partial charge in [0.15, 0.2) is 0 Å². The average molecular weight is 802 g/mol. The van der Waals surface area contributed by atoms with E-state index in [9.17, 15) is 0 Å². The van der Waals surface area contributed by atoms with Crippen LogP contribution in [0.25, 0.3) is 116 Å². The number of hydrogen-bond acceptors (Lipinski definition) is 0. The molecule has 63 heavy (non-hydrogen) atoms. The zero-order valence-electron chi connectivity index (χ0n) is 34.4. The summed E-state index contributed by atoms with van der Waals surface area (Å²) in [6, 6.07) is 85.1. The van der Waals surface area contributed by atoms with Gasteiger partial charge in [0, 0.05) is 55.1 Å². The van der Waals surface area contributed by atoms with Crippen LogP contribution in [0.5, 0.6) is 0 Å². The zero-order valence-corrected chi connectivity index (χ0v) is 34.4. The van der Waals surface area contributed by atoms with Crippen molar-refractivity contribution in [2.45, 2.75) is 0 Å². The summed E-state index contributed by atoms with van der Waals surface area (Å²) in [5.41, 5.74) is 17.6. The van der Waals surface area contributed by atoms with E-state index in [-0.39, 0.29) is 0 Å². The smallest absolute Gasteiger partial charge is 0.0626 e. The Balaban J connectivity index is 0.000000139. The Hall–Kier alpha value is -8.40. The van der Waals surface area contributed by atoms with Crippen molar-refractivity contribution in [1.82, 2.24) is 13.7 Å². The number of rotatable bonds is 4. The van der Waals surface area contributed by atoms with E-state index in [1.54, 1.807) is 0 Å². The summed E-state index contributed by atoms with van der Waals surface area (Å²) in [7, 11) is 0. The van der Waals surface area contributed by atoms with Gasteiger partial charge in [-0.1, -0.05) is 170 Å². The molecule has 0 aliphatic heterocycles. The van der Waals surface area contributed by atoms with E-state index in [4.69, 9.17) is 0 Å². The monoisotopic (exact) mass is 801 g/mol. The van der Waals surface area contributed by atoms with E-state index >= 15 is 0 Å². The van der Waals surface area contributed by atoms with Crippen LogP contribution in [0.1, 0.15) is 0 Å². The van der Waals surface area contributed by atoms with Crippen molar-refractivity contribution in [3.05, 3.63) is 237 Å². The molecule has 1 aliphatic rings. The first-order valence-corrected chi connectivity index (χ1v) is 21.7. The lowest BCUT2D eigenvalue weighted by molar-refractivity contribution is 1.14. The molecule has 1 aliphatic carbocycles. The topological polar surface area (TPSA) is 14.8 Å². The van der Waals surface area contributed by atoms with Gasteiger partial charge in [0.25, 0.3) is 0 Å². The summed E-state index contributed by atoms with van der Waals surface area (Å²) >= 11 is 0. The zero-order chi connectivity index (χ0) is 41.4. The second kappa shape index (κ2) is 14.1. The standard InChI is InChI=1S/C36H24N2.C24H15N/c1-5-13-33-29(9-1)30-10-2-6-14-34(30)37(33)27-21-17-25(18-22-27)26-19-23-28(24-20-26)38-35-15-7-3-11-31(35)32-12-4-8-16-36(32)38;1-2-10-17(11-3-1)25-21-15-5-4-12-18(21)23-19-13-6-8-16-9-7-14-20(22(16)19)24(23)25/h1-24H;1-15H. The Kier molecular flexibility index (Phi) is 7.91. The maximum absolute atomic E-state index is 2.42. The van der Waals surface area contributed by atoms with E-state index in [0.717, 1.165) is 0 Å². The Morgan fingerprint density at radius 3 is 1.06 bits per heavy atom. The Labute approximate surface area is 364 Å². The molecule has 10 aromatic carbocycles. The highest BCUT2D eigenvalue weighted by atomic mass is 15.0. The van der Waals surface area contributed by atoms with Gasteiger partial charge in [0.2, 0.25) is 0 Å². The highest BCUT2D eigenvalue weighted by molar-refractivity contribution is 6.22.